The number of benzene rings is 2. The van der Waals surface area contributed by atoms with E-state index in [0.717, 1.165) is 29.2 Å². The topological polar surface area (TPSA) is 58.5 Å². The minimum Gasteiger partial charge on any atom is -0.287 e. The maximum atomic E-state index is 12.7. The predicted molar refractivity (Wildman–Crippen MR) is 98.6 cm³/mol. The standard InChI is InChI=1S/C20H14N2O2S/c23-19-14-8-2-5-11-4-1-7-13(17(11)14)18(19)21-22-20(24)16-10-12-6-3-9-15(12)25-16/h1-2,4-5,7-8,10H,3,6,9H2,(H,22,24)/b21-18-. The summed E-state index contributed by atoms with van der Waals surface area (Å²) in [5, 5.41) is 6.10. The molecule has 4 nitrogen and oxygen atoms in total. The van der Waals surface area contributed by atoms with E-state index in [0.29, 0.717) is 16.2 Å². The van der Waals surface area contributed by atoms with Gasteiger partial charge in [0.25, 0.3) is 5.91 Å². The smallest absolute Gasteiger partial charge is 0.281 e. The number of thiophene rings is 1. The lowest BCUT2D eigenvalue weighted by atomic mass is 10.1. The van der Waals surface area contributed by atoms with Crippen molar-refractivity contribution in [2.45, 2.75) is 19.3 Å². The molecule has 25 heavy (non-hydrogen) atoms. The summed E-state index contributed by atoms with van der Waals surface area (Å²) in [6.07, 6.45) is 3.27. The Morgan fingerprint density at radius 1 is 1.08 bits per heavy atom. The van der Waals surface area contributed by atoms with Crippen LogP contribution in [0, 0.1) is 0 Å². The number of amides is 1. The molecule has 1 amide bonds. The van der Waals surface area contributed by atoms with E-state index in [1.165, 1.54) is 28.2 Å². The van der Waals surface area contributed by atoms with E-state index in [-0.39, 0.29) is 11.7 Å². The summed E-state index contributed by atoms with van der Waals surface area (Å²) in [4.78, 5) is 27.0. The molecule has 0 atom stereocenters. The Morgan fingerprint density at radius 2 is 1.88 bits per heavy atom. The normalized spacial score (nSPS) is 16.6. The van der Waals surface area contributed by atoms with Crippen molar-refractivity contribution in [1.82, 2.24) is 5.43 Å². The van der Waals surface area contributed by atoms with Crippen LogP contribution >= 0.6 is 11.3 Å². The van der Waals surface area contributed by atoms with E-state index in [4.69, 9.17) is 0 Å². The number of rotatable bonds is 2. The van der Waals surface area contributed by atoms with Crippen LogP contribution in [0.3, 0.4) is 0 Å². The van der Waals surface area contributed by atoms with Gasteiger partial charge in [-0.25, -0.2) is 5.43 Å². The number of carbonyl (C=O) groups is 2. The lowest BCUT2D eigenvalue weighted by Crippen LogP contribution is -2.21. The Morgan fingerprint density at radius 3 is 2.68 bits per heavy atom. The van der Waals surface area contributed by atoms with Gasteiger partial charge in [0.05, 0.1) is 4.88 Å². The zero-order valence-electron chi connectivity index (χ0n) is 13.3. The first kappa shape index (κ1) is 14.5. The lowest BCUT2D eigenvalue weighted by Gasteiger charge is -2.01. The van der Waals surface area contributed by atoms with Crippen LogP contribution in [-0.4, -0.2) is 17.4 Å². The maximum absolute atomic E-state index is 12.7. The van der Waals surface area contributed by atoms with Crippen molar-refractivity contribution in [1.29, 1.82) is 0 Å². The van der Waals surface area contributed by atoms with Crippen LogP contribution in [0.5, 0.6) is 0 Å². The largest absolute Gasteiger partial charge is 0.287 e. The van der Waals surface area contributed by atoms with Crippen molar-refractivity contribution in [2.75, 3.05) is 0 Å². The van der Waals surface area contributed by atoms with E-state index < -0.39 is 0 Å². The first-order valence-electron chi connectivity index (χ1n) is 8.29. The van der Waals surface area contributed by atoms with Crippen molar-refractivity contribution in [3.8, 4) is 0 Å². The molecule has 1 heterocycles. The van der Waals surface area contributed by atoms with Gasteiger partial charge in [-0.1, -0.05) is 36.4 Å². The quantitative estimate of drug-likeness (QED) is 0.719. The average Bonchev–Trinajstić information content (AvgIpc) is 3.29. The molecule has 2 aromatic carbocycles. The highest BCUT2D eigenvalue weighted by Gasteiger charge is 2.29. The van der Waals surface area contributed by atoms with E-state index in [9.17, 15) is 9.59 Å². The Labute approximate surface area is 148 Å². The molecule has 0 saturated heterocycles. The van der Waals surface area contributed by atoms with E-state index >= 15 is 0 Å². The first-order chi connectivity index (χ1) is 12.2. The molecule has 1 N–H and O–H groups in total. The molecule has 0 fully saturated rings. The summed E-state index contributed by atoms with van der Waals surface area (Å²) >= 11 is 1.53. The SMILES string of the molecule is O=C(N/N=C1\C(=O)c2cccc3cccc1c23)c1cc2c(s1)CCC2. The third-order valence-corrected chi connectivity index (χ3v) is 6.10. The van der Waals surface area contributed by atoms with Crippen molar-refractivity contribution in [2.24, 2.45) is 5.10 Å². The van der Waals surface area contributed by atoms with Crippen molar-refractivity contribution < 1.29 is 9.59 Å². The zero-order valence-corrected chi connectivity index (χ0v) is 14.2. The summed E-state index contributed by atoms with van der Waals surface area (Å²) in [5.74, 6) is -0.386. The van der Waals surface area contributed by atoms with Crippen LogP contribution in [0.15, 0.2) is 47.6 Å². The third-order valence-electron chi connectivity index (χ3n) is 4.86. The molecule has 0 radical (unpaired) electrons. The van der Waals surface area contributed by atoms with Crippen LogP contribution in [0.2, 0.25) is 0 Å². The summed E-state index contributed by atoms with van der Waals surface area (Å²) < 4.78 is 0. The number of nitrogens with one attached hydrogen (secondary N) is 1. The highest BCUT2D eigenvalue weighted by atomic mass is 32.1. The van der Waals surface area contributed by atoms with Crippen LogP contribution in [-0.2, 0) is 12.8 Å². The predicted octanol–water partition coefficient (Wildman–Crippen LogP) is 3.72. The number of Topliss-reactive ketones (excluding diaryl/α,β-unsaturated/α-hetero) is 1. The van der Waals surface area contributed by atoms with Gasteiger partial charge in [-0.2, -0.15) is 5.10 Å². The number of aryl methyl sites for hydroxylation is 2. The molecule has 3 aromatic rings. The summed E-state index contributed by atoms with van der Waals surface area (Å²) in [7, 11) is 0. The van der Waals surface area contributed by atoms with Gasteiger partial charge in [0.15, 0.2) is 0 Å². The highest BCUT2D eigenvalue weighted by Crippen LogP contribution is 2.32. The maximum Gasteiger partial charge on any atom is 0.281 e. The molecule has 0 bridgehead atoms. The van der Waals surface area contributed by atoms with E-state index in [2.05, 4.69) is 10.5 Å². The molecule has 0 spiro atoms. The zero-order chi connectivity index (χ0) is 17.0. The molecule has 1 aromatic heterocycles. The number of hydrazone groups is 1. The molecule has 2 aliphatic rings. The highest BCUT2D eigenvalue weighted by molar-refractivity contribution is 7.14. The Hall–Kier alpha value is -2.79. The number of carbonyl (C=O) groups excluding carboxylic acids is 2. The second-order valence-electron chi connectivity index (χ2n) is 6.35. The fourth-order valence-electron chi connectivity index (χ4n) is 3.69. The molecule has 2 aliphatic carbocycles. The molecular weight excluding hydrogens is 332 g/mol. The summed E-state index contributed by atoms with van der Waals surface area (Å²) in [6.45, 7) is 0. The van der Waals surface area contributed by atoms with Crippen molar-refractivity contribution in [3.63, 3.8) is 0 Å². The Bertz CT molecular complexity index is 1070. The van der Waals surface area contributed by atoms with Gasteiger partial charge in [0.2, 0.25) is 5.78 Å². The molecule has 0 unspecified atom stereocenters. The average molecular weight is 346 g/mol. The molecular formula is C20H14N2O2S. The van der Waals surface area contributed by atoms with Crippen LogP contribution in [0.1, 0.15) is 42.5 Å². The Kier molecular flexibility index (Phi) is 3.12. The summed E-state index contributed by atoms with van der Waals surface area (Å²) in [6, 6.07) is 13.4. The fourth-order valence-corrected chi connectivity index (χ4v) is 4.83. The number of hydrogen-bond acceptors (Lipinski definition) is 4. The fraction of sp³-hybridized carbons (Fsp3) is 0.150. The number of hydrogen-bond donors (Lipinski definition) is 1. The molecule has 5 heteroatoms. The third kappa shape index (κ3) is 2.16. The van der Waals surface area contributed by atoms with Gasteiger partial charge in [-0.15, -0.1) is 11.3 Å². The lowest BCUT2D eigenvalue weighted by molar-refractivity contribution is 0.0959. The van der Waals surface area contributed by atoms with Crippen LogP contribution in [0.4, 0.5) is 0 Å². The number of nitrogens with zero attached hydrogens (tertiary/aromatic N) is 1. The van der Waals surface area contributed by atoms with Gasteiger partial charge in [0.1, 0.15) is 5.71 Å². The second kappa shape index (κ2) is 5.36. The molecule has 0 saturated carbocycles. The second-order valence-corrected chi connectivity index (χ2v) is 7.49. The van der Waals surface area contributed by atoms with Gasteiger partial charge >= 0.3 is 0 Å². The summed E-state index contributed by atoms with van der Waals surface area (Å²) in [5.41, 5.74) is 5.59. The molecule has 5 rings (SSSR count). The first-order valence-corrected chi connectivity index (χ1v) is 9.10. The van der Waals surface area contributed by atoms with Crippen molar-refractivity contribution in [3.05, 3.63) is 68.9 Å². The Balaban J connectivity index is 1.48. The monoisotopic (exact) mass is 346 g/mol. The van der Waals surface area contributed by atoms with Crippen LogP contribution < -0.4 is 5.43 Å². The number of ketones is 1. The minimum absolute atomic E-state index is 0.138. The van der Waals surface area contributed by atoms with E-state index in [1.54, 1.807) is 0 Å². The van der Waals surface area contributed by atoms with Gasteiger partial charge in [-0.3, -0.25) is 9.59 Å². The van der Waals surface area contributed by atoms with Gasteiger partial charge < -0.3 is 0 Å². The van der Waals surface area contributed by atoms with Crippen LogP contribution in [0.25, 0.3) is 10.8 Å². The molecule has 0 aliphatic heterocycles. The van der Waals surface area contributed by atoms with Crippen molar-refractivity contribution >= 4 is 39.5 Å². The van der Waals surface area contributed by atoms with E-state index in [1.807, 2.05) is 42.5 Å². The number of fused-ring (bicyclic) bond motifs is 1. The molecule has 122 valence electrons. The van der Waals surface area contributed by atoms with Gasteiger partial charge in [0, 0.05) is 21.4 Å². The van der Waals surface area contributed by atoms with Gasteiger partial charge in [-0.05, 0) is 36.3 Å². The minimum atomic E-state index is -0.247.